The summed E-state index contributed by atoms with van der Waals surface area (Å²) in [6.45, 7) is 7.79. The molecule has 1 aromatic rings. The Morgan fingerprint density at radius 2 is 2.31 bits per heavy atom. The van der Waals surface area contributed by atoms with Gasteiger partial charge in [0.05, 0.1) is 6.33 Å². The van der Waals surface area contributed by atoms with Crippen molar-refractivity contribution in [2.45, 2.75) is 19.8 Å². The molecule has 0 fully saturated rings. The third-order valence-corrected chi connectivity index (χ3v) is 1.83. The van der Waals surface area contributed by atoms with Crippen LogP contribution in [0.2, 0.25) is 0 Å². The molecule has 0 aliphatic heterocycles. The third-order valence-electron chi connectivity index (χ3n) is 1.83. The second-order valence-corrected chi connectivity index (χ2v) is 3.25. The molecule has 3 heteroatoms. The van der Waals surface area contributed by atoms with Crippen LogP contribution in [0.3, 0.4) is 0 Å². The molecule has 13 heavy (non-hydrogen) atoms. The molecule has 0 amide bonds. The van der Waals surface area contributed by atoms with Crippen LogP contribution < -0.4 is 5.49 Å². The van der Waals surface area contributed by atoms with E-state index in [0.29, 0.717) is 5.92 Å². The maximum atomic E-state index is 4.29. The Morgan fingerprint density at radius 1 is 1.62 bits per heavy atom. The lowest BCUT2D eigenvalue weighted by atomic mass is 10.1. The van der Waals surface area contributed by atoms with Crippen LogP contribution in [-0.2, 0) is 7.05 Å². The van der Waals surface area contributed by atoms with Gasteiger partial charge in [-0.15, -0.1) is 0 Å². The monoisotopic (exact) mass is 177 g/mol. The topological polar surface area (TPSA) is 30.2 Å². The number of aromatic nitrogens is 2. The number of nitrogens with zero attached hydrogens (tertiary/aromatic N) is 3. The molecular weight excluding hydrogens is 162 g/mol. The molecule has 1 aromatic heterocycles. The highest BCUT2D eigenvalue weighted by Crippen LogP contribution is 2.06. The Hall–Kier alpha value is -1.38. The third kappa shape index (κ3) is 2.28. The van der Waals surface area contributed by atoms with Gasteiger partial charge in [0.1, 0.15) is 5.49 Å². The van der Waals surface area contributed by atoms with E-state index < -0.39 is 0 Å². The minimum atomic E-state index is 0.431. The predicted octanol–water partition coefficient (Wildman–Crippen LogP) is 1.59. The van der Waals surface area contributed by atoms with Gasteiger partial charge in [0.15, 0.2) is 0 Å². The van der Waals surface area contributed by atoms with E-state index in [1.807, 2.05) is 17.7 Å². The second kappa shape index (κ2) is 4.03. The number of aryl methyl sites for hydroxylation is 1. The zero-order valence-electron chi connectivity index (χ0n) is 8.36. The fraction of sp³-hybridized carbons (Fsp3) is 0.400. The molecule has 3 nitrogen and oxygen atoms in total. The van der Waals surface area contributed by atoms with E-state index >= 15 is 0 Å². The Bertz CT molecular complexity index is 361. The summed E-state index contributed by atoms with van der Waals surface area (Å²) in [5.74, 6) is 0.431. The molecule has 70 valence electrons. The quantitative estimate of drug-likeness (QED) is 0.674. The van der Waals surface area contributed by atoms with Gasteiger partial charge in [0.2, 0.25) is 0 Å². The highest BCUT2D eigenvalue weighted by Gasteiger charge is 2.00. The van der Waals surface area contributed by atoms with Gasteiger partial charge in [-0.3, -0.25) is 0 Å². The lowest BCUT2D eigenvalue weighted by molar-refractivity contribution is 0.743. The lowest BCUT2D eigenvalue weighted by Gasteiger charge is -2.05. The van der Waals surface area contributed by atoms with Crippen LogP contribution in [0.25, 0.3) is 0 Å². The zero-order valence-corrected chi connectivity index (χ0v) is 8.36. The minimum absolute atomic E-state index is 0.431. The van der Waals surface area contributed by atoms with Gasteiger partial charge in [0.25, 0.3) is 0 Å². The smallest absolute Gasteiger partial charge is 0.135 e. The van der Waals surface area contributed by atoms with Crippen molar-refractivity contribution < 1.29 is 0 Å². The van der Waals surface area contributed by atoms with Crippen molar-refractivity contribution in [2.24, 2.45) is 12.0 Å². The highest BCUT2D eigenvalue weighted by molar-refractivity contribution is 5.03. The molecular formula is C10H15N3. The van der Waals surface area contributed by atoms with E-state index in [9.17, 15) is 0 Å². The fourth-order valence-electron chi connectivity index (χ4n) is 1.02. The van der Waals surface area contributed by atoms with Gasteiger partial charge in [0, 0.05) is 25.0 Å². The normalized spacial score (nSPS) is 12.2. The molecule has 0 aromatic carbocycles. The maximum absolute atomic E-state index is 4.29. The van der Waals surface area contributed by atoms with E-state index in [4.69, 9.17) is 0 Å². The average Bonchev–Trinajstić information content (AvgIpc) is 2.08. The van der Waals surface area contributed by atoms with E-state index in [2.05, 4.69) is 30.4 Å². The molecule has 1 heterocycles. The van der Waals surface area contributed by atoms with Gasteiger partial charge in [-0.25, -0.2) is 9.98 Å². The van der Waals surface area contributed by atoms with Crippen molar-refractivity contribution in [3.05, 3.63) is 36.4 Å². The number of rotatable bonds is 2. The molecule has 0 saturated heterocycles. The summed E-state index contributed by atoms with van der Waals surface area (Å²) in [6.07, 6.45) is 3.32. The van der Waals surface area contributed by atoms with Crippen molar-refractivity contribution >= 4 is 0 Å². The summed E-state index contributed by atoms with van der Waals surface area (Å²) in [7, 11) is 1.92. The average molecular weight is 177 g/mol. The van der Waals surface area contributed by atoms with E-state index in [0.717, 1.165) is 11.2 Å². The van der Waals surface area contributed by atoms with Gasteiger partial charge in [-0.05, 0) is 5.92 Å². The van der Waals surface area contributed by atoms with Crippen LogP contribution in [0, 0.1) is 0 Å². The molecule has 1 rings (SSSR count). The Morgan fingerprint density at radius 3 is 2.85 bits per heavy atom. The Kier molecular flexibility index (Phi) is 3.01. The van der Waals surface area contributed by atoms with Gasteiger partial charge in [-0.2, -0.15) is 0 Å². The first-order valence-corrected chi connectivity index (χ1v) is 4.32. The summed E-state index contributed by atoms with van der Waals surface area (Å²) in [4.78, 5) is 8.43. The second-order valence-electron chi connectivity index (χ2n) is 3.25. The SMILES string of the molecule is C=C/N=c1/cc(C(C)C)ncn1C. The van der Waals surface area contributed by atoms with Crippen molar-refractivity contribution in [3.63, 3.8) is 0 Å². The first-order valence-electron chi connectivity index (χ1n) is 4.32. The van der Waals surface area contributed by atoms with Gasteiger partial charge < -0.3 is 4.57 Å². The molecule has 0 bridgehead atoms. The molecule has 0 saturated carbocycles. The first kappa shape index (κ1) is 9.71. The van der Waals surface area contributed by atoms with E-state index in [1.54, 1.807) is 12.5 Å². The van der Waals surface area contributed by atoms with Crippen molar-refractivity contribution in [1.82, 2.24) is 9.55 Å². The van der Waals surface area contributed by atoms with E-state index in [1.165, 1.54) is 0 Å². The van der Waals surface area contributed by atoms with Crippen molar-refractivity contribution in [2.75, 3.05) is 0 Å². The van der Waals surface area contributed by atoms with Crippen LogP contribution in [0.4, 0.5) is 0 Å². The molecule has 0 aliphatic carbocycles. The summed E-state index contributed by atoms with van der Waals surface area (Å²) < 4.78 is 1.87. The molecule has 0 N–H and O–H groups in total. The highest BCUT2D eigenvalue weighted by atomic mass is 15.0. The maximum Gasteiger partial charge on any atom is 0.135 e. The van der Waals surface area contributed by atoms with Crippen LogP contribution in [0.15, 0.2) is 30.2 Å². The summed E-state index contributed by atoms with van der Waals surface area (Å²) in [5.41, 5.74) is 1.94. The molecule has 0 radical (unpaired) electrons. The Labute approximate surface area is 78.5 Å². The molecule has 0 atom stereocenters. The fourth-order valence-corrected chi connectivity index (χ4v) is 1.02. The first-order chi connectivity index (χ1) is 6.15. The predicted molar refractivity (Wildman–Crippen MR) is 53.1 cm³/mol. The summed E-state index contributed by atoms with van der Waals surface area (Å²) >= 11 is 0. The van der Waals surface area contributed by atoms with Gasteiger partial charge >= 0.3 is 0 Å². The number of hydrogen-bond donors (Lipinski definition) is 0. The number of hydrogen-bond acceptors (Lipinski definition) is 2. The lowest BCUT2D eigenvalue weighted by Crippen LogP contribution is -2.19. The zero-order chi connectivity index (χ0) is 9.84. The van der Waals surface area contributed by atoms with Crippen molar-refractivity contribution in [3.8, 4) is 0 Å². The van der Waals surface area contributed by atoms with Crippen LogP contribution in [0.5, 0.6) is 0 Å². The van der Waals surface area contributed by atoms with Crippen LogP contribution in [0.1, 0.15) is 25.5 Å². The van der Waals surface area contributed by atoms with Gasteiger partial charge in [-0.1, -0.05) is 20.4 Å². The standard InChI is InChI=1S/C10H15N3/c1-5-11-10-6-9(8(2)3)12-7-13(10)4/h5-8H,1H2,2-4H3/b11-10-. The van der Waals surface area contributed by atoms with Crippen LogP contribution in [-0.4, -0.2) is 9.55 Å². The largest absolute Gasteiger partial charge is 0.320 e. The Balaban J connectivity index is 3.27. The van der Waals surface area contributed by atoms with E-state index in [-0.39, 0.29) is 0 Å². The van der Waals surface area contributed by atoms with Crippen molar-refractivity contribution in [1.29, 1.82) is 0 Å². The summed E-state index contributed by atoms with van der Waals surface area (Å²) in [5, 5.41) is 0. The molecule has 0 unspecified atom stereocenters. The summed E-state index contributed by atoms with van der Waals surface area (Å²) in [6, 6.07) is 1.98. The van der Waals surface area contributed by atoms with Crippen LogP contribution >= 0.6 is 0 Å². The molecule has 0 aliphatic rings. The minimum Gasteiger partial charge on any atom is -0.320 e. The molecule has 0 spiro atoms.